The average molecular weight is 170 g/mol. The van der Waals surface area contributed by atoms with Crippen molar-refractivity contribution < 1.29 is 17.6 Å². The Hall–Kier alpha value is -0.280. The molecular weight excluding hydrogens is 160 g/mol. The summed E-state index contributed by atoms with van der Waals surface area (Å²) >= 11 is 0. The molecule has 0 nitrogen and oxygen atoms in total. The van der Waals surface area contributed by atoms with Crippen molar-refractivity contribution in [1.82, 2.24) is 0 Å². The van der Waals surface area contributed by atoms with Gasteiger partial charge in [0.1, 0.15) is 6.17 Å². The Kier molecular flexibility index (Phi) is 2.40. The maximum absolute atomic E-state index is 12.6. The highest BCUT2D eigenvalue weighted by Crippen LogP contribution is 2.38. The molecule has 1 aliphatic rings. The summed E-state index contributed by atoms with van der Waals surface area (Å²) in [6.45, 7) is 0. The number of alkyl halides is 4. The lowest BCUT2D eigenvalue weighted by molar-refractivity contribution is -0.197. The van der Waals surface area contributed by atoms with E-state index in [1.807, 2.05) is 0 Å². The largest absolute Gasteiger partial charge is 0.394 e. The van der Waals surface area contributed by atoms with Gasteiger partial charge in [-0.25, -0.2) is 4.39 Å². The SMILES string of the molecule is F[C@@H]1CCCC[C@@H]1C(F)(F)F. The summed E-state index contributed by atoms with van der Waals surface area (Å²) in [5.41, 5.74) is 0. The number of hydrogen-bond donors (Lipinski definition) is 0. The van der Waals surface area contributed by atoms with Crippen molar-refractivity contribution >= 4 is 0 Å². The maximum atomic E-state index is 12.6. The minimum atomic E-state index is -4.33. The van der Waals surface area contributed by atoms with Crippen LogP contribution in [0.2, 0.25) is 0 Å². The van der Waals surface area contributed by atoms with E-state index in [0.717, 1.165) is 0 Å². The van der Waals surface area contributed by atoms with Crippen LogP contribution in [0.3, 0.4) is 0 Å². The monoisotopic (exact) mass is 170 g/mol. The standard InChI is InChI=1S/C7H10F4/c8-6-4-2-1-3-5(6)7(9,10)11/h5-6H,1-4H2/t5-,6+/m0/s1. The molecule has 1 fully saturated rings. The molecule has 0 amide bonds. The zero-order valence-electron chi connectivity index (χ0n) is 5.99. The van der Waals surface area contributed by atoms with Crippen LogP contribution in [0, 0.1) is 5.92 Å². The lowest BCUT2D eigenvalue weighted by atomic mass is 9.87. The van der Waals surface area contributed by atoms with Gasteiger partial charge >= 0.3 is 6.18 Å². The molecule has 1 rings (SSSR count). The fourth-order valence-electron chi connectivity index (χ4n) is 1.45. The highest BCUT2D eigenvalue weighted by Gasteiger charge is 2.45. The van der Waals surface area contributed by atoms with E-state index in [9.17, 15) is 17.6 Å². The lowest BCUT2D eigenvalue weighted by Crippen LogP contribution is -2.33. The molecule has 2 atom stereocenters. The first-order chi connectivity index (χ1) is 5.02. The molecule has 0 saturated heterocycles. The molecule has 0 bridgehead atoms. The van der Waals surface area contributed by atoms with Gasteiger partial charge in [0.2, 0.25) is 0 Å². The Bertz CT molecular complexity index is 129. The summed E-state index contributed by atoms with van der Waals surface area (Å²) in [6.07, 6.45) is -4.86. The molecule has 0 radical (unpaired) electrons. The molecule has 0 aromatic carbocycles. The van der Waals surface area contributed by atoms with Crippen LogP contribution in [0.1, 0.15) is 25.7 Å². The lowest BCUT2D eigenvalue weighted by Gasteiger charge is -2.27. The molecule has 0 spiro atoms. The van der Waals surface area contributed by atoms with Crippen LogP contribution < -0.4 is 0 Å². The van der Waals surface area contributed by atoms with Crippen LogP contribution >= 0.6 is 0 Å². The number of hydrogen-bond acceptors (Lipinski definition) is 0. The van der Waals surface area contributed by atoms with Gasteiger partial charge in [0.05, 0.1) is 5.92 Å². The second kappa shape index (κ2) is 2.99. The highest BCUT2D eigenvalue weighted by molar-refractivity contribution is 4.79. The van der Waals surface area contributed by atoms with Crippen molar-refractivity contribution in [3.63, 3.8) is 0 Å². The topological polar surface area (TPSA) is 0 Å². The van der Waals surface area contributed by atoms with E-state index >= 15 is 0 Å². The minimum absolute atomic E-state index is 0.0370. The first-order valence-corrected chi connectivity index (χ1v) is 3.72. The summed E-state index contributed by atoms with van der Waals surface area (Å²) in [5, 5.41) is 0. The van der Waals surface area contributed by atoms with Crippen molar-refractivity contribution in [2.75, 3.05) is 0 Å². The first-order valence-electron chi connectivity index (χ1n) is 3.72. The zero-order valence-corrected chi connectivity index (χ0v) is 5.99. The van der Waals surface area contributed by atoms with E-state index in [-0.39, 0.29) is 12.8 Å². The van der Waals surface area contributed by atoms with Gasteiger partial charge in [-0.05, 0) is 12.8 Å². The van der Waals surface area contributed by atoms with Crippen molar-refractivity contribution in [3.8, 4) is 0 Å². The van der Waals surface area contributed by atoms with E-state index in [2.05, 4.69) is 0 Å². The molecule has 0 N–H and O–H groups in total. The molecule has 4 heteroatoms. The van der Waals surface area contributed by atoms with Gasteiger partial charge in [0.15, 0.2) is 0 Å². The second-order valence-corrected chi connectivity index (χ2v) is 2.95. The maximum Gasteiger partial charge on any atom is 0.394 e. The predicted molar refractivity (Wildman–Crippen MR) is 32.9 cm³/mol. The molecule has 0 aromatic rings. The van der Waals surface area contributed by atoms with E-state index < -0.39 is 18.3 Å². The molecule has 0 aromatic heterocycles. The molecule has 0 aliphatic heterocycles. The molecular formula is C7H10F4. The fraction of sp³-hybridized carbons (Fsp3) is 1.00. The van der Waals surface area contributed by atoms with Crippen LogP contribution in [-0.2, 0) is 0 Å². The molecule has 66 valence electrons. The van der Waals surface area contributed by atoms with Gasteiger partial charge < -0.3 is 0 Å². The third-order valence-electron chi connectivity index (χ3n) is 2.10. The van der Waals surface area contributed by atoms with Crippen LogP contribution in [0.4, 0.5) is 17.6 Å². The number of rotatable bonds is 0. The van der Waals surface area contributed by atoms with Gasteiger partial charge in [-0.15, -0.1) is 0 Å². The Morgan fingerprint density at radius 1 is 1.00 bits per heavy atom. The van der Waals surface area contributed by atoms with E-state index in [1.165, 1.54) is 0 Å². The van der Waals surface area contributed by atoms with Crippen molar-refractivity contribution in [2.45, 2.75) is 38.0 Å². The Morgan fingerprint density at radius 2 is 1.55 bits per heavy atom. The molecule has 0 heterocycles. The summed E-state index contributed by atoms with van der Waals surface area (Å²) in [7, 11) is 0. The molecule has 0 unspecified atom stereocenters. The average Bonchev–Trinajstić information content (AvgIpc) is 1.86. The fourth-order valence-corrected chi connectivity index (χ4v) is 1.45. The highest BCUT2D eigenvalue weighted by atomic mass is 19.4. The summed E-state index contributed by atoms with van der Waals surface area (Å²) in [4.78, 5) is 0. The van der Waals surface area contributed by atoms with Gasteiger partial charge in [-0.3, -0.25) is 0 Å². The summed E-state index contributed by atoms with van der Waals surface area (Å²) in [5.74, 6) is -1.70. The summed E-state index contributed by atoms with van der Waals surface area (Å²) < 4.78 is 48.5. The van der Waals surface area contributed by atoms with Gasteiger partial charge in [0.25, 0.3) is 0 Å². The van der Waals surface area contributed by atoms with Gasteiger partial charge in [-0.2, -0.15) is 13.2 Å². The summed E-state index contributed by atoms with van der Waals surface area (Å²) in [6, 6.07) is 0. The van der Waals surface area contributed by atoms with Crippen LogP contribution in [-0.4, -0.2) is 12.3 Å². The Morgan fingerprint density at radius 3 is 1.91 bits per heavy atom. The van der Waals surface area contributed by atoms with Crippen molar-refractivity contribution in [2.24, 2.45) is 5.92 Å². The minimum Gasteiger partial charge on any atom is -0.247 e. The third-order valence-corrected chi connectivity index (χ3v) is 2.10. The first kappa shape index (κ1) is 8.81. The quantitative estimate of drug-likeness (QED) is 0.490. The number of halogens is 4. The smallest absolute Gasteiger partial charge is 0.247 e. The Labute approximate surface area is 62.6 Å². The zero-order chi connectivity index (χ0) is 8.48. The van der Waals surface area contributed by atoms with E-state index in [0.29, 0.717) is 12.8 Å². The van der Waals surface area contributed by atoms with Crippen LogP contribution in [0.25, 0.3) is 0 Å². The third kappa shape index (κ3) is 2.07. The van der Waals surface area contributed by atoms with Crippen molar-refractivity contribution in [3.05, 3.63) is 0 Å². The molecule has 11 heavy (non-hydrogen) atoms. The van der Waals surface area contributed by atoms with E-state index in [1.54, 1.807) is 0 Å². The predicted octanol–water partition coefficient (Wildman–Crippen LogP) is 3.08. The normalized spacial score (nSPS) is 33.8. The van der Waals surface area contributed by atoms with Gasteiger partial charge in [0, 0.05) is 0 Å². The molecule has 1 aliphatic carbocycles. The molecule has 1 saturated carbocycles. The van der Waals surface area contributed by atoms with Crippen molar-refractivity contribution in [1.29, 1.82) is 0 Å². The second-order valence-electron chi connectivity index (χ2n) is 2.95. The van der Waals surface area contributed by atoms with Gasteiger partial charge in [-0.1, -0.05) is 12.8 Å². The van der Waals surface area contributed by atoms with Crippen LogP contribution in [0.5, 0.6) is 0 Å². The van der Waals surface area contributed by atoms with Crippen LogP contribution in [0.15, 0.2) is 0 Å². The van der Waals surface area contributed by atoms with E-state index in [4.69, 9.17) is 0 Å². The Balaban J connectivity index is 2.55.